The van der Waals surface area contributed by atoms with Crippen LogP contribution in [-0.2, 0) is 0 Å². The molecule has 90 valence electrons. The van der Waals surface area contributed by atoms with E-state index in [0.717, 1.165) is 11.4 Å². The third-order valence-electron chi connectivity index (χ3n) is 2.39. The first-order chi connectivity index (χ1) is 8.08. The highest BCUT2D eigenvalue weighted by atomic mass is 16.3. The highest BCUT2D eigenvalue weighted by molar-refractivity contribution is 5.37. The van der Waals surface area contributed by atoms with Gasteiger partial charge in [-0.25, -0.2) is 9.67 Å². The highest BCUT2D eigenvalue weighted by Crippen LogP contribution is 2.13. The lowest BCUT2D eigenvalue weighted by molar-refractivity contribution is 0.199. The number of anilines is 1. The van der Waals surface area contributed by atoms with Gasteiger partial charge in [-0.3, -0.25) is 4.98 Å². The zero-order chi connectivity index (χ0) is 12.4. The van der Waals surface area contributed by atoms with Crippen molar-refractivity contribution in [1.82, 2.24) is 19.7 Å². The summed E-state index contributed by atoms with van der Waals surface area (Å²) >= 11 is 0. The molecule has 0 aliphatic carbocycles. The van der Waals surface area contributed by atoms with Gasteiger partial charge in [-0.1, -0.05) is 0 Å². The van der Waals surface area contributed by atoms with E-state index in [4.69, 9.17) is 0 Å². The summed E-state index contributed by atoms with van der Waals surface area (Å²) in [4.78, 5) is 10.4. The Hall–Kier alpha value is -1.95. The van der Waals surface area contributed by atoms with Gasteiger partial charge >= 0.3 is 0 Å². The summed E-state index contributed by atoms with van der Waals surface area (Å²) in [7, 11) is 3.80. The first-order valence-electron chi connectivity index (χ1n) is 5.30. The highest BCUT2D eigenvalue weighted by Gasteiger charge is 2.07. The molecular weight excluding hydrogens is 218 g/mol. The second kappa shape index (κ2) is 4.50. The van der Waals surface area contributed by atoms with Crippen molar-refractivity contribution in [1.29, 1.82) is 0 Å². The van der Waals surface area contributed by atoms with Gasteiger partial charge in [-0.05, 0) is 6.92 Å². The Labute approximate surface area is 99.5 Å². The van der Waals surface area contributed by atoms with Crippen LogP contribution in [0.15, 0.2) is 24.8 Å². The largest absolute Gasteiger partial charge is 0.389 e. The molecule has 1 unspecified atom stereocenters. The van der Waals surface area contributed by atoms with Crippen molar-refractivity contribution in [3.05, 3.63) is 30.4 Å². The summed E-state index contributed by atoms with van der Waals surface area (Å²) in [6.07, 6.45) is 6.14. The van der Waals surface area contributed by atoms with Crippen LogP contribution >= 0.6 is 0 Å². The van der Waals surface area contributed by atoms with Crippen LogP contribution in [0.3, 0.4) is 0 Å². The average molecular weight is 233 g/mol. The Balaban J connectivity index is 2.35. The molecule has 1 N–H and O–H groups in total. The molecule has 0 fully saturated rings. The molecule has 0 radical (unpaired) electrons. The van der Waals surface area contributed by atoms with Crippen molar-refractivity contribution in [2.24, 2.45) is 0 Å². The maximum Gasteiger partial charge on any atom is 0.173 e. The van der Waals surface area contributed by atoms with Crippen LogP contribution in [0.5, 0.6) is 0 Å². The molecule has 0 amide bonds. The third-order valence-corrected chi connectivity index (χ3v) is 2.39. The summed E-state index contributed by atoms with van der Waals surface area (Å²) in [5.41, 5.74) is 0.752. The first kappa shape index (κ1) is 11.5. The Kier molecular flexibility index (Phi) is 3.06. The van der Waals surface area contributed by atoms with Crippen molar-refractivity contribution < 1.29 is 5.11 Å². The van der Waals surface area contributed by atoms with Crippen molar-refractivity contribution in [2.45, 2.75) is 13.0 Å². The summed E-state index contributed by atoms with van der Waals surface area (Å²) in [6, 6.07) is 0. The van der Waals surface area contributed by atoms with Crippen LogP contribution in [0.1, 0.15) is 18.6 Å². The summed E-state index contributed by atoms with van der Waals surface area (Å²) in [6.45, 7) is 1.70. The molecule has 0 aliphatic rings. The molecule has 2 rings (SSSR count). The molecule has 0 saturated heterocycles. The van der Waals surface area contributed by atoms with E-state index in [-0.39, 0.29) is 0 Å². The summed E-state index contributed by atoms with van der Waals surface area (Å²) in [5.74, 6) is 1.39. The van der Waals surface area contributed by atoms with Gasteiger partial charge in [-0.15, -0.1) is 0 Å². The van der Waals surface area contributed by atoms with Gasteiger partial charge in [-0.2, -0.15) is 5.10 Å². The lowest BCUT2D eigenvalue weighted by Gasteiger charge is -2.11. The van der Waals surface area contributed by atoms with E-state index in [1.54, 1.807) is 36.4 Å². The Morgan fingerprint density at radius 2 is 2.06 bits per heavy atom. The fraction of sp³-hybridized carbons (Fsp3) is 0.364. The standard InChI is InChI=1S/C11H15N5O/c1-8(17)9-4-13-16(7-9)11-6-12-5-10(14-11)15(2)3/h4-8,17H,1-3H3. The number of hydrogen-bond acceptors (Lipinski definition) is 5. The van der Waals surface area contributed by atoms with Gasteiger partial charge in [0.2, 0.25) is 0 Å². The number of aromatic nitrogens is 4. The van der Waals surface area contributed by atoms with Gasteiger partial charge in [0.25, 0.3) is 0 Å². The Morgan fingerprint density at radius 3 is 2.65 bits per heavy atom. The van der Waals surface area contributed by atoms with Crippen LogP contribution in [0.2, 0.25) is 0 Å². The molecule has 17 heavy (non-hydrogen) atoms. The Bertz CT molecular complexity index is 506. The molecule has 0 aromatic carbocycles. The Morgan fingerprint density at radius 1 is 1.29 bits per heavy atom. The molecule has 6 nitrogen and oxygen atoms in total. The molecule has 0 bridgehead atoms. The number of aliphatic hydroxyl groups excluding tert-OH is 1. The molecule has 2 aromatic heterocycles. The third kappa shape index (κ3) is 2.42. The molecule has 2 heterocycles. The zero-order valence-corrected chi connectivity index (χ0v) is 10.1. The van der Waals surface area contributed by atoms with E-state index >= 15 is 0 Å². The number of rotatable bonds is 3. The molecule has 2 aromatic rings. The molecular formula is C11H15N5O. The fourth-order valence-electron chi connectivity index (χ4n) is 1.35. The second-order valence-corrected chi connectivity index (χ2v) is 4.02. The van der Waals surface area contributed by atoms with Crippen molar-refractivity contribution in [3.63, 3.8) is 0 Å². The van der Waals surface area contributed by atoms with Crippen molar-refractivity contribution in [2.75, 3.05) is 19.0 Å². The first-order valence-corrected chi connectivity index (χ1v) is 5.30. The normalized spacial score (nSPS) is 12.5. The van der Waals surface area contributed by atoms with Crippen LogP contribution in [-0.4, -0.2) is 39.0 Å². The SMILES string of the molecule is CC(O)c1cnn(-c2cncc(N(C)C)n2)c1. The smallest absolute Gasteiger partial charge is 0.173 e. The van der Waals surface area contributed by atoms with E-state index in [9.17, 15) is 5.11 Å². The fourth-order valence-corrected chi connectivity index (χ4v) is 1.35. The molecule has 0 saturated carbocycles. The molecule has 0 aliphatic heterocycles. The van der Waals surface area contributed by atoms with Gasteiger partial charge in [0, 0.05) is 25.9 Å². The quantitative estimate of drug-likeness (QED) is 0.848. The van der Waals surface area contributed by atoms with Gasteiger partial charge < -0.3 is 10.0 Å². The van der Waals surface area contributed by atoms with E-state index < -0.39 is 6.10 Å². The van der Waals surface area contributed by atoms with Crippen molar-refractivity contribution >= 4 is 5.82 Å². The second-order valence-electron chi connectivity index (χ2n) is 4.02. The molecule has 1 atom stereocenters. The minimum absolute atomic E-state index is 0.534. The predicted molar refractivity (Wildman–Crippen MR) is 64.1 cm³/mol. The topological polar surface area (TPSA) is 67.1 Å². The van der Waals surface area contributed by atoms with Gasteiger partial charge in [0.05, 0.1) is 24.7 Å². The monoisotopic (exact) mass is 233 g/mol. The zero-order valence-electron chi connectivity index (χ0n) is 10.1. The number of hydrogen-bond donors (Lipinski definition) is 1. The summed E-state index contributed by atoms with van der Waals surface area (Å²) in [5, 5.41) is 13.6. The maximum atomic E-state index is 9.43. The number of nitrogens with zero attached hydrogens (tertiary/aromatic N) is 5. The summed E-state index contributed by atoms with van der Waals surface area (Å²) < 4.78 is 1.60. The van der Waals surface area contributed by atoms with Crippen LogP contribution in [0.4, 0.5) is 5.82 Å². The van der Waals surface area contributed by atoms with E-state index in [2.05, 4.69) is 15.1 Å². The lowest BCUT2D eigenvalue weighted by atomic mass is 10.2. The number of aliphatic hydroxyl groups is 1. The van der Waals surface area contributed by atoms with Crippen LogP contribution < -0.4 is 4.90 Å². The van der Waals surface area contributed by atoms with Crippen LogP contribution in [0, 0.1) is 0 Å². The van der Waals surface area contributed by atoms with Crippen LogP contribution in [0.25, 0.3) is 5.82 Å². The van der Waals surface area contributed by atoms with E-state index in [1.807, 2.05) is 19.0 Å². The van der Waals surface area contributed by atoms with Gasteiger partial charge in [0.15, 0.2) is 5.82 Å². The average Bonchev–Trinajstić information content (AvgIpc) is 2.78. The molecule has 6 heteroatoms. The van der Waals surface area contributed by atoms with E-state index in [0.29, 0.717) is 5.82 Å². The van der Waals surface area contributed by atoms with Crippen molar-refractivity contribution in [3.8, 4) is 5.82 Å². The predicted octanol–water partition coefficient (Wildman–Crippen LogP) is 0.782. The molecule has 0 spiro atoms. The van der Waals surface area contributed by atoms with Gasteiger partial charge in [0.1, 0.15) is 5.82 Å². The lowest BCUT2D eigenvalue weighted by Crippen LogP contribution is -2.12. The maximum absolute atomic E-state index is 9.43. The minimum Gasteiger partial charge on any atom is -0.389 e. The minimum atomic E-state index is -0.534. The van der Waals surface area contributed by atoms with E-state index in [1.165, 1.54) is 0 Å².